The molecule has 0 heterocycles. The number of rotatable bonds is 12. The third-order valence-electron chi connectivity index (χ3n) is 9.27. The number of nitrogen functional groups attached to an aromatic ring is 1. The second-order valence-electron chi connectivity index (χ2n) is 13.6. The van der Waals surface area contributed by atoms with Crippen LogP contribution in [0, 0.1) is 6.92 Å². The number of phenols is 2. The maximum atomic E-state index is 12.5. The molecule has 0 aliphatic heterocycles. The zero-order chi connectivity index (χ0) is 45.3. The molecule has 3 radical (unpaired) electrons. The van der Waals surface area contributed by atoms with Gasteiger partial charge in [-0.3, -0.25) is 13.7 Å². The molecule has 25 heteroatoms. The minimum atomic E-state index is -5.19. The van der Waals surface area contributed by atoms with Gasteiger partial charge in [-0.1, -0.05) is 42.5 Å². The fraction of sp³-hybridized carbons (Fsp3) is 0.0244. The van der Waals surface area contributed by atoms with E-state index in [1.807, 2.05) is 43.3 Å². The molecule has 0 amide bonds. The Morgan fingerprint density at radius 1 is 0.515 bits per heavy atom. The van der Waals surface area contributed by atoms with Gasteiger partial charge in [-0.15, -0.1) is 15.3 Å². The third kappa shape index (κ3) is 12.7. The van der Waals surface area contributed by atoms with Crippen LogP contribution in [0.1, 0.15) is 5.56 Å². The van der Waals surface area contributed by atoms with Crippen LogP contribution in [0.15, 0.2) is 173 Å². The number of benzene rings is 7. The molecule has 19 nitrogen and oxygen atoms in total. The Bertz CT molecular complexity index is 3380. The van der Waals surface area contributed by atoms with E-state index in [1.165, 1.54) is 6.07 Å². The minimum Gasteiger partial charge on any atom is -0.508 e. The summed E-state index contributed by atoms with van der Waals surface area (Å²) in [5.74, 6) is -0.932. The number of nitrogens with one attached hydrogen (secondary N) is 1. The maximum Gasteiger partial charge on any atom is 0.296 e. The first-order chi connectivity index (χ1) is 29.8. The number of anilines is 3. The summed E-state index contributed by atoms with van der Waals surface area (Å²) in [4.78, 5) is -2.42. The van der Waals surface area contributed by atoms with Crippen LogP contribution < -0.4 is 11.1 Å². The van der Waals surface area contributed by atoms with Crippen molar-refractivity contribution in [2.24, 2.45) is 30.7 Å². The van der Waals surface area contributed by atoms with Crippen molar-refractivity contribution in [1.82, 2.24) is 0 Å². The number of fused-ring (bicyclic) bond motifs is 1. The first-order valence-corrected chi connectivity index (χ1v) is 22.3. The van der Waals surface area contributed by atoms with Gasteiger partial charge in [0.25, 0.3) is 30.4 Å². The molecule has 0 atom stereocenters. The summed E-state index contributed by atoms with van der Waals surface area (Å²) in [5, 5.41) is 48.2. The van der Waals surface area contributed by atoms with Crippen molar-refractivity contribution >= 4 is 181 Å². The Hall–Kier alpha value is -4.47. The molecule has 323 valence electrons. The van der Waals surface area contributed by atoms with E-state index in [4.69, 9.17) is 5.73 Å². The van der Waals surface area contributed by atoms with E-state index in [0.29, 0.717) is 17.1 Å². The van der Waals surface area contributed by atoms with Crippen molar-refractivity contribution in [2.75, 3.05) is 11.1 Å². The van der Waals surface area contributed by atoms with Gasteiger partial charge in [-0.2, -0.15) is 40.6 Å². The summed E-state index contributed by atoms with van der Waals surface area (Å²) in [6.07, 6.45) is 0. The fourth-order valence-corrected chi connectivity index (χ4v) is 7.94. The zero-order valence-electron chi connectivity index (χ0n) is 35.3. The van der Waals surface area contributed by atoms with Crippen LogP contribution in [0.25, 0.3) is 21.9 Å². The molecule has 66 heavy (non-hydrogen) atoms. The fourth-order valence-electron chi connectivity index (χ4n) is 6.13. The average Bonchev–Trinajstić information content (AvgIpc) is 3.23. The molecule has 0 spiro atoms. The van der Waals surface area contributed by atoms with Gasteiger partial charge in [0.15, 0.2) is 5.75 Å². The largest absolute Gasteiger partial charge is 0.508 e. The predicted molar refractivity (Wildman–Crippen MR) is 250 cm³/mol. The normalized spacial score (nSPS) is 11.9. The van der Waals surface area contributed by atoms with E-state index < -0.39 is 73.2 Å². The topological polar surface area (TPSA) is 316 Å². The van der Waals surface area contributed by atoms with E-state index in [2.05, 4.69) is 36.0 Å². The summed E-state index contributed by atoms with van der Waals surface area (Å²) >= 11 is 0. The minimum absolute atomic E-state index is 0. The molecular formula is C41H32N8Na3O11S3. The number of hydrogen-bond donors (Lipinski definition) is 7. The predicted octanol–water partition coefficient (Wildman–Crippen LogP) is 9.40. The number of azo groups is 3. The van der Waals surface area contributed by atoms with Gasteiger partial charge in [0.1, 0.15) is 32.6 Å². The van der Waals surface area contributed by atoms with Crippen LogP contribution in [0.3, 0.4) is 0 Å². The van der Waals surface area contributed by atoms with Crippen molar-refractivity contribution in [3.63, 3.8) is 0 Å². The molecule has 0 aliphatic rings. The Morgan fingerprint density at radius 2 is 0.985 bits per heavy atom. The van der Waals surface area contributed by atoms with Crippen LogP contribution in [0.2, 0.25) is 0 Å². The molecule has 0 aliphatic carbocycles. The van der Waals surface area contributed by atoms with Crippen molar-refractivity contribution in [3.8, 4) is 22.6 Å². The molecular weight excluding hydrogens is 946 g/mol. The average molecular weight is 978 g/mol. The Labute approximate surface area is 444 Å². The van der Waals surface area contributed by atoms with Crippen molar-refractivity contribution < 1.29 is 49.1 Å². The van der Waals surface area contributed by atoms with Gasteiger partial charge >= 0.3 is 0 Å². The van der Waals surface area contributed by atoms with E-state index >= 15 is 0 Å². The second-order valence-corrected chi connectivity index (χ2v) is 17.8. The van der Waals surface area contributed by atoms with Gasteiger partial charge in [0, 0.05) is 100 Å². The summed E-state index contributed by atoms with van der Waals surface area (Å²) < 4.78 is 102. The number of nitrogens with zero attached hydrogens (tertiary/aromatic N) is 6. The van der Waals surface area contributed by atoms with Gasteiger partial charge in [0.05, 0.1) is 38.7 Å². The SMILES string of the molecule is Cc1ccccc1Nc1cc(O)ccc1N=Nc1ccc(-c2ccc(N=Nc3c(S(=O)(=O)O)cc4cc(S(=O)(=O)O)c(N=Nc5ccc(S(=O)(=O)O)cc5)c(O)c4c3N)cc2)cc1.[Na].[Na].[Na]. The molecule has 8 N–H and O–H groups in total. The van der Waals surface area contributed by atoms with Crippen LogP contribution in [-0.2, 0) is 30.4 Å². The molecule has 0 saturated heterocycles. The van der Waals surface area contributed by atoms with Crippen LogP contribution in [0.5, 0.6) is 11.5 Å². The maximum absolute atomic E-state index is 12.5. The van der Waals surface area contributed by atoms with E-state index in [-0.39, 0.29) is 111 Å². The molecule has 0 unspecified atom stereocenters. The van der Waals surface area contributed by atoms with E-state index in [0.717, 1.165) is 58.8 Å². The molecule has 0 saturated carbocycles. The summed E-state index contributed by atoms with van der Waals surface area (Å²) in [7, 11) is -14.9. The van der Waals surface area contributed by atoms with Crippen LogP contribution in [-0.4, -0.2) is 138 Å². The molecule has 7 aromatic carbocycles. The first-order valence-electron chi connectivity index (χ1n) is 18.0. The second kappa shape index (κ2) is 22.1. The summed E-state index contributed by atoms with van der Waals surface area (Å²) in [6, 6.07) is 31.7. The smallest absolute Gasteiger partial charge is 0.296 e. The Kier molecular flexibility index (Phi) is 18.1. The molecule has 0 aromatic heterocycles. The number of nitrogens with two attached hydrogens (primary N) is 1. The number of hydrogen-bond acceptors (Lipinski definition) is 16. The van der Waals surface area contributed by atoms with Gasteiger partial charge < -0.3 is 21.3 Å². The van der Waals surface area contributed by atoms with Crippen molar-refractivity contribution in [2.45, 2.75) is 21.6 Å². The zero-order valence-corrected chi connectivity index (χ0v) is 43.7. The van der Waals surface area contributed by atoms with E-state index in [1.54, 1.807) is 48.5 Å². The van der Waals surface area contributed by atoms with Crippen LogP contribution in [0.4, 0.5) is 51.2 Å². The third-order valence-corrected chi connectivity index (χ3v) is 11.9. The van der Waals surface area contributed by atoms with Crippen molar-refractivity contribution in [3.05, 3.63) is 133 Å². The number of aryl methyl sites for hydroxylation is 1. The molecule has 0 fully saturated rings. The number of phenolic OH excluding ortho intramolecular Hbond substituents is 2. The Morgan fingerprint density at radius 3 is 1.48 bits per heavy atom. The van der Waals surface area contributed by atoms with Gasteiger partial charge in [0.2, 0.25) is 0 Å². The Balaban J connectivity index is 0.00000317. The number of aromatic hydroxyl groups is 2. The van der Waals surface area contributed by atoms with Gasteiger partial charge in [-0.25, -0.2) is 0 Å². The first kappa shape index (κ1) is 54.1. The molecule has 7 aromatic rings. The summed E-state index contributed by atoms with van der Waals surface area (Å²) in [5.41, 5.74) is 9.37. The van der Waals surface area contributed by atoms with Crippen LogP contribution >= 0.6 is 0 Å². The summed E-state index contributed by atoms with van der Waals surface area (Å²) in [6.45, 7) is 1.96. The quantitative estimate of drug-likeness (QED) is 0.0260. The van der Waals surface area contributed by atoms with Gasteiger partial charge in [-0.05, 0) is 108 Å². The molecule has 7 rings (SSSR count). The molecule has 0 bridgehead atoms. The van der Waals surface area contributed by atoms with E-state index in [9.17, 15) is 49.1 Å². The standard InChI is InChI=1S/C41H32N8O11S3.3Na/c1-23-4-2-3-5-32(23)43-34-22-30(50)16-19-33(34)47-44-27-10-6-24(7-11-27)25-8-12-28(13-9-25)45-48-39-35(62(55,56)57)20-26-21-36(63(58,59)60)40(41(51)37(26)38(39)42)49-46-29-14-17-31(18-15-29)61(52,53)54;;;/h2-22,43,50-51H,42H2,1H3,(H,52,53,54)(H,55,56,57)(H,58,59,60);;;. The van der Waals surface area contributed by atoms with Crippen molar-refractivity contribution in [1.29, 1.82) is 0 Å². The number of para-hydroxylation sites is 1. The monoisotopic (exact) mass is 977 g/mol.